The van der Waals surface area contributed by atoms with E-state index in [1.165, 1.54) is 16.5 Å². The number of benzene rings is 1. The topological polar surface area (TPSA) is 32.0 Å². The van der Waals surface area contributed by atoms with Gasteiger partial charge < -0.3 is 9.47 Å². The minimum absolute atomic E-state index is 0.306. The molecule has 0 aliphatic rings. The zero-order valence-corrected chi connectivity index (χ0v) is 12.1. The van der Waals surface area contributed by atoms with Gasteiger partial charge in [-0.2, -0.15) is 5.26 Å². The molecule has 0 aliphatic carbocycles. The number of aryl methyl sites for hydroxylation is 1. The largest absolute Gasteiger partial charge is 0.350 e. The van der Waals surface area contributed by atoms with Gasteiger partial charge in [-0.05, 0) is 32.5 Å². The van der Waals surface area contributed by atoms with Gasteiger partial charge in [0.2, 0.25) is 0 Å². The van der Waals surface area contributed by atoms with E-state index in [0.717, 1.165) is 13.1 Å². The fraction of sp³-hybridized carbons (Fsp3) is 0.438. The molecule has 0 saturated carbocycles. The van der Waals surface area contributed by atoms with E-state index in [9.17, 15) is 0 Å². The standard InChI is InChI=1S/C16H21N3/c1-16(2,11-17)12-18(3)9-13-10-19(4)15-8-6-5-7-14(13)15/h5-8,10H,9,12H2,1-4H3. The third-order valence-corrected chi connectivity index (χ3v) is 3.39. The van der Waals surface area contributed by atoms with E-state index in [1.807, 2.05) is 13.8 Å². The molecule has 0 amide bonds. The molecule has 1 aromatic carbocycles. The summed E-state index contributed by atoms with van der Waals surface area (Å²) in [5.41, 5.74) is 2.26. The molecule has 0 fully saturated rings. The predicted molar refractivity (Wildman–Crippen MR) is 78.6 cm³/mol. The molecule has 3 heteroatoms. The summed E-state index contributed by atoms with van der Waals surface area (Å²) in [6.45, 7) is 5.60. The monoisotopic (exact) mass is 255 g/mol. The van der Waals surface area contributed by atoms with E-state index in [2.05, 4.69) is 60.1 Å². The molecule has 0 atom stereocenters. The minimum atomic E-state index is -0.306. The molecule has 0 N–H and O–H groups in total. The molecular weight excluding hydrogens is 234 g/mol. The minimum Gasteiger partial charge on any atom is -0.350 e. The van der Waals surface area contributed by atoms with Gasteiger partial charge in [0.1, 0.15) is 0 Å². The Kier molecular flexibility index (Phi) is 3.64. The van der Waals surface area contributed by atoms with Gasteiger partial charge >= 0.3 is 0 Å². The predicted octanol–water partition coefficient (Wildman–Crippen LogP) is 3.16. The van der Waals surface area contributed by atoms with E-state index in [-0.39, 0.29) is 5.41 Å². The molecular formula is C16H21N3. The van der Waals surface area contributed by atoms with Gasteiger partial charge in [0.05, 0.1) is 11.5 Å². The van der Waals surface area contributed by atoms with Crippen LogP contribution >= 0.6 is 0 Å². The van der Waals surface area contributed by atoms with Crippen LogP contribution in [-0.2, 0) is 13.6 Å². The van der Waals surface area contributed by atoms with Crippen LogP contribution in [0.5, 0.6) is 0 Å². The third kappa shape index (κ3) is 2.97. The summed E-state index contributed by atoms with van der Waals surface area (Å²) >= 11 is 0. The molecule has 0 saturated heterocycles. The Labute approximate surface area is 115 Å². The fourth-order valence-corrected chi connectivity index (χ4v) is 2.61. The summed E-state index contributed by atoms with van der Waals surface area (Å²) in [5.74, 6) is 0. The van der Waals surface area contributed by atoms with E-state index < -0.39 is 0 Å². The molecule has 2 rings (SSSR count). The van der Waals surface area contributed by atoms with Crippen molar-refractivity contribution in [2.45, 2.75) is 20.4 Å². The Morgan fingerprint density at radius 2 is 2.00 bits per heavy atom. The van der Waals surface area contributed by atoms with Crippen LogP contribution in [0.4, 0.5) is 0 Å². The number of nitrogens with zero attached hydrogens (tertiary/aromatic N) is 3. The average molecular weight is 255 g/mol. The van der Waals surface area contributed by atoms with Gasteiger partial charge in [0, 0.05) is 37.2 Å². The Bertz CT molecular complexity index is 616. The molecule has 0 spiro atoms. The van der Waals surface area contributed by atoms with E-state index >= 15 is 0 Å². The Morgan fingerprint density at radius 3 is 2.68 bits per heavy atom. The maximum Gasteiger partial charge on any atom is 0.0697 e. The molecule has 19 heavy (non-hydrogen) atoms. The van der Waals surface area contributed by atoms with Crippen molar-refractivity contribution >= 4 is 10.9 Å². The summed E-state index contributed by atoms with van der Waals surface area (Å²) in [6, 6.07) is 10.8. The second-order valence-corrected chi connectivity index (χ2v) is 5.95. The summed E-state index contributed by atoms with van der Waals surface area (Å²) in [6.07, 6.45) is 2.18. The van der Waals surface area contributed by atoms with Crippen LogP contribution in [-0.4, -0.2) is 23.1 Å². The maximum absolute atomic E-state index is 9.10. The number of hydrogen-bond acceptors (Lipinski definition) is 2. The van der Waals surface area contributed by atoms with E-state index in [4.69, 9.17) is 5.26 Å². The lowest BCUT2D eigenvalue weighted by molar-refractivity contribution is 0.249. The van der Waals surface area contributed by atoms with Gasteiger partial charge in [0.15, 0.2) is 0 Å². The Morgan fingerprint density at radius 1 is 1.32 bits per heavy atom. The molecule has 0 bridgehead atoms. The van der Waals surface area contributed by atoms with Crippen molar-refractivity contribution in [1.29, 1.82) is 5.26 Å². The lowest BCUT2D eigenvalue weighted by Gasteiger charge is -2.24. The smallest absolute Gasteiger partial charge is 0.0697 e. The van der Waals surface area contributed by atoms with Crippen LogP contribution in [0.3, 0.4) is 0 Å². The first kappa shape index (κ1) is 13.6. The molecule has 1 heterocycles. The molecule has 0 unspecified atom stereocenters. The van der Waals surface area contributed by atoms with Gasteiger partial charge in [-0.3, -0.25) is 0 Å². The van der Waals surface area contributed by atoms with Crippen LogP contribution in [0, 0.1) is 16.7 Å². The number of fused-ring (bicyclic) bond motifs is 1. The quantitative estimate of drug-likeness (QED) is 0.840. The van der Waals surface area contributed by atoms with Crippen molar-refractivity contribution in [1.82, 2.24) is 9.47 Å². The van der Waals surface area contributed by atoms with E-state index in [1.54, 1.807) is 0 Å². The summed E-state index contributed by atoms with van der Waals surface area (Å²) in [7, 11) is 4.14. The first-order valence-corrected chi connectivity index (χ1v) is 6.56. The molecule has 100 valence electrons. The summed E-state index contributed by atoms with van der Waals surface area (Å²) in [5, 5.41) is 10.4. The molecule has 0 aliphatic heterocycles. The van der Waals surface area contributed by atoms with Crippen molar-refractivity contribution < 1.29 is 0 Å². The van der Waals surface area contributed by atoms with Gasteiger partial charge in [0.25, 0.3) is 0 Å². The Hall–Kier alpha value is -1.79. The number of para-hydroxylation sites is 1. The maximum atomic E-state index is 9.10. The van der Waals surface area contributed by atoms with Crippen molar-refractivity contribution in [2.24, 2.45) is 12.5 Å². The SMILES string of the molecule is CN(Cc1cn(C)c2ccccc12)CC(C)(C)C#N. The lowest BCUT2D eigenvalue weighted by Crippen LogP contribution is -2.29. The van der Waals surface area contributed by atoms with Gasteiger partial charge in [-0.15, -0.1) is 0 Å². The van der Waals surface area contributed by atoms with Crippen LogP contribution in [0.25, 0.3) is 10.9 Å². The normalized spacial score (nSPS) is 12.0. The number of hydrogen-bond donors (Lipinski definition) is 0. The second kappa shape index (κ2) is 5.07. The second-order valence-electron chi connectivity index (χ2n) is 5.95. The van der Waals surface area contributed by atoms with Gasteiger partial charge in [-0.25, -0.2) is 0 Å². The highest BCUT2D eigenvalue weighted by Crippen LogP contribution is 2.23. The molecule has 0 radical (unpaired) electrons. The van der Waals surface area contributed by atoms with Crippen LogP contribution in [0.15, 0.2) is 30.5 Å². The lowest BCUT2D eigenvalue weighted by atomic mass is 9.95. The van der Waals surface area contributed by atoms with Crippen LogP contribution in [0.1, 0.15) is 19.4 Å². The molecule has 2 aromatic rings. The Balaban J connectivity index is 2.21. The summed E-state index contributed by atoms with van der Waals surface area (Å²) < 4.78 is 2.16. The van der Waals surface area contributed by atoms with Gasteiger partial charge in [-0.1, -0.05) is 18.2 Å². The highest BCUT2D eigenvalue weighted by Gasteiger charge is 2.19. The number of rotatable bonds is 4. The zero-order chi connectivity index (χ0) is 14.0. The average Bonchev–Trinajstić information content (AvgIpc) is 2.66. The molecule has 3 nitrogen and oxygen atoms in total. The van der Waals surface area contributed by atoms with Crippen molar-refractivity contribution in [3.05, 3.63) is 36.0 Å². The summed E-state index contributed by atoms with van der Waals surface area (Å²) in [4.78, 5) is 2.21. The van der Waals surface area contributed by atoms with Crippen molar-refractivity contribution in [2.75, 3.05) is 13.6 Å². The van der Waals surface area contributed by atoms with Crippen LogP contribution < -0.4 is 0 Å². The highest BCUT2D eigenvalue weighted by molar-refractivity contribution is 5.83. The third-order valence-electron chi connectivity index (χ3n) is 3.39. The highest BCUT2D eigenvalue weighted by atomic mass is 15.1. The first-order chi connectivity index (χ1) is 8.93. The van der Waals surface area contributed by atoms with Crippen molar-refractivity contribution in [3.8, 4) is 6.07 Å². The van der Waals surface area contributed by atoms with Crippen LogP contribution in [0.2, 0.25) is 0 Å². The molecule has 1 aromatic heterocycles. The zero-order valence-electron chi connectivity index (χ0n) is 12.1. The fourth-order valence-electron chi connectivity index (χ4n) is 2.61. The number of nitriles is 1. The van der Waals surface area contributed by atoms with E-state index in [0.29, 0.717) is 0 Å². The first-order valence-electron chi connectivity index (χ1n) is 6.56. The number of aromatic nitrogens is 1. The van der Waals surface area contributed by atoms with Crippen molar-refractivity contribution in [3.63, 3.8) is 0 Å².